The Hall–Kier alpha value is -0.0800. The summed E-state index contributed by atoms with van der Waals surface area (Å²) in [5, 5.41) is 1.37. The average Bonchev–Trinajstić information content (AvgIpc) is 2.20. The Morgan fingerprint density at radius 3 is 2.56 bits per heavy atom. The van der Waals surface area contributed by atoms with E-state index < -0.39 is 0 Å². The second kappa shape index (κ2) is 6.61. The van der Waals surface area contributed by atoms with Crippen LogP contribution in [0, 0.1) is 17.7 Å². The third-order valence-electron chi connectivity index (χ3n) is 2.55. The summed E-state index contributed by atoms with van der Waals surface area (Å²) < 4.78 is 13.6. The molecule has 1 aromatic rings. The monoisotopic (exact) mass is 306 g/mol. The van der Waals surface area contributed by atoms with Crippen LogP contribution in [-0.2, 0) is 6.42 Å². The molecule has 1 rings (SSSR count). The van der Waals surface area contributed by atoms with Crippen molar-refractivity contribution in [1.82, 2.24) is 0 Å². The van der Waals surface area contributed by atoms with Crippen molar-refractivity contribution in [2.45, 2.75) is 26.7 Å². The summed E-state index contributed by atoms with van der Waals surface area (Å²) >= 11 is 9.21. The van der Waals surface area contributed by atoms with E-state index in [4.69, 9.17) is 11.6 Å². The number of rotatable bonds is 5. The molecule has 1 aromatic carbocycles. The van der Waals surface area contributed by atoms with E-state index in [0.29, 0.717) is 16.9 Å². The normalized spacial score (nSPS) is 13.1. The predicted octanol–water partition coefficient (Wildman–Crippen LogP) is 5.08. The molecule has 0 aliphatic heterocycles. The first-order valence-corrected chi connectivity index (χ1v) is 7.02. The van der Waals surface area contributed by atoms with E-state index in [1.165, 1.54) is 6.07 Å². The maximum atomic E-state index is 13.6. The Labute approximate surface area is 110 Å². The molecule has 0 bridgehead atoms. The van der Waals surface area contributed by atoms with Gasteiger partial charge in [0.1, 0.15) is 5.82 Å². The summed E-state index contributed by atoms with van der Waals surface area (Å²) in [6, 6.07) is 4.92. The van der Waals surface area contributed by atoms with E-state index >= 15 is 0 Å². The third kappa shape index (κ3) is 4.42. The van der Waals surface area contributed by atoms with Crippen LogP contribution in [0.1, 0.15) is 25.8 Å². The van der Waals surface area contributed by atoms with Crippen LogP contribution in [0.15, 0.2) is 18.2 Å². The predicted molar refractivity (Wildman–Crippen MR) is 71.9 cm³/mol. The van der Waals surface area contributed by atoms with Crippen LogP contribution in [0.5, 0.6) is 0 Å². The molecule has 0 aliphatic rings. The fraction of sp³-hybridized carbons (Fsp3) is 0.538. The van der Waals surface area contributed by atoms with Gasteiger partial charge in [0.25, 0.3) is 0 Å². The van der Waals surface area contributed by atoms with Gasteiger partial charge in [-0.2, -0.15) is 0 Å². The molecule has 90 valence electrons. The second-order valence-electron chi connectivity index (χ2n) is 4.59. The van der Waals surface area contributed by atoms with Gasteiger partial charge < -0.3 is 0 Å². The number of alkyl halides is 1. The van der Waals surface area contributed by atoms with E-state index in [1.807, 2.05) is 0 Å². The van der Waals surface area contributed by atoms with Gasteiger partial charge >= 0.3 is 0 Å². The lowest BCUT2D eigenvalue weighted by atomic mass is 9.92. The molecular weight excluding hydrogens is 290 g/mol. The standard InChI is InChI=1S/C13H17BrClF/c1-9(2)5-10(8-14)6-11-3-4-12(15)7-13(11)16/h3-4,7,9-10H,5-6,8H2,1-2H3. The summed E-state index contributed by atoms with van der Waals surface area (Å²) in [7, 11) is 0. The smallest absolute Gasteiger partial charge is 0.127 e. The first-order chi connectivity index (χ1) is 7.52. The van der Waals surface area contributed by atoms with E-state index in [9.17, 15) is 4.39 Å². The Morgan fingerprint density at radius 1 is 1.38 bits per heavy atom. The molecule has 0 aromatic heterocycles. The molecule has 0 fully saturated rings. The van der Waals surface area contributed by atoms with Crippen LogP contribution in [-0.4, -0.2) is 5.33 Å². The van der Waals surface area contributed by atoms with Crippen LogP contribution in [0.2, 0.25) is 5.02 Å². The van der Waals surface area contributed by atoms with Crippen LogP contribution in [0.3, 0.4) is 0 Å². The minimum Gasteiger partial charge on any atom is -0.207 e. The number of hydrogen-bond donors (Lipinski definition) is 0. The molecule has 0 N–H and O–H groups in total. The highest BCUT2D eigenvalue weighted by Gasteiger charge is 2.13. The molecule has 0 saturated heterocycles. The molecule has 0 heterocycles. The van der Waals surface area contributed by atoms with Gasteiger partial charge in [-0.3, -0.25) is 0 Å². The fourth-order valence-electron chi connectivity index (χ4n) is 1.87. The summed E-state index contributed by atoms with van der Waals surface area (Å²) in [5.41, 5.74) is 0.759. The molecule has 1 atom stereocenters. The zero-order valence-corrected chi connectivity index (χ0v) is 12.0. The van der Waals surface area contributed by atoms with E-state index in [0.717, 1.165) is 23.7 Å². The number of hydrogen-bond acceptors (Lipinski definition) is 0. The highest BCUT2D eigenvalue weighted by atomic mass is 79.9. The second-order valence-corrected chi connectivity index (χ2v) is 5.67. The Morgan fingerprint density at radius 2 is 2.06 bits per heavy atom. The van der Waals surface area contributed by atoms with E-state index in [2.05, 4.69) is 29.8 Å². The van der Waals surface area contributed by atoms with Crippen molar-refractivity contribution in [2.75, 3.05) is 5.33 Å². The summed E-state index contributed by atoms with van der Waals surface area (Å²) in [6.45, 7) is 4.38. The van der Waals surface area contributed by atoms with Crippen molar-refractivity contribution in [1.29, 1.82) is 0 Å². The fourth-order valence-corrected chi connectivity index (χ4v) is 2.52. The van der Waals surface area contributed by atoms with E-state index in [-0.39, 0.29) is 5.82 Å². The Balaban J connectivity index is 2.70. The molecule has 0 saturated carbocycles. The van der Waals surface area contributed by atoms with Crippen molar-refractivity contribution < 1.29 is 4.39 Å². The summed E-state index contributed by atoms with van der Waals surface area (Å²) in [4.78, 5) is 0. The molecule has 3 heteroatoms. The molecule has 0 radical (unpaired) electrons. The lowest BCUT2D eigenvalue weighted by molar-refractivity contribution is 0.438. The molecule has 1 unspecified atom stereocenters. The first kappa shape index (κ1) is 14.0. The van der Waals surface area contributed by atoms with Gasteiger partial charge in [0.2, 0.25) is 0 Å². The maximum absolute atomic E-state index is 13.6. The van der Waals surface area contributed by atoms with Crippen molar-refractivity contribution in [3.8, 4) is 0 Å². The minimum atomic E-state index is -0.192. The van der Waals surface area contributed by atoms with Crippen molar-refractivity contribution >= 4 is 27.5 Å². The molecule has 0 aliphatic carbocycles. The van der Waals surface area contributed by atoms with Crippen LogP contribution in [0.25, 0.3) is 0 Å². The quantitative estimate of drug-likeness (QED) is 0.666. The van der Waals surface area contributed by atoms with Crippen molar-refractivity contribution in [3.63, 3.8) is 0 Å². The average molecular weight is 308 g/mol. The van der Waals surface area contributed by atoms with Crippen LogP contribution >= 0.6 is 27.5 Å². The Kier molecular flexibility index (Phi) is 5.77. The van der Waals surface area contributed by atoms with Crippen molar-refractivity contribution in [2.24, 2.45) is 11.8 Å². The number of halogens is 3. The molecule has 0 amide bonds. The zero-order valence-electron chi connectivity index (χ0n) is 9.64. The molecule has 0 nitrogen and oxygen atoms in total. The lowest BCUT2D eigenvalue weighted by Crippen LogP contribution is -2.10. The minimum absolute atomic E-state index is 0.192. The van der Waals surface area contributed by atoms with Gasteiger partial charge in [-0.25, -0.2) is 4.39 Å². The molecular formula is C13H17BrClF. The maximum Gasteiger partial charge on any atom is 0.127 e. The van der Waals surface area contributed by atoms with Gasteiger partial charge in [0, 0.05) is 10.4 Å². The highest BCUT2D eigenvalue weighted by molar-refractivity contribution is 9.09. The first-order valence-electron chi connectivity index (χ1n) is 5.52. The van der Waals surface area contributed by atoms with Gasteiger partial charge in [-0.1, -0.05) is 47.4 Å². The van der Waals surface area contributed by atoms with Gasteiger partial charge in [0.05, 0.1) is 0 Å². The molecule has 0 spiro atoms. The topological polar surface area (TPSA) is 0 Å². The zero-order chi connectivity index (χ0) is 12.1. The van der Waals surface area contributed by atoms with Gasteiger partial charge in [0.15, 0.2) is 0 Å². The Bertz CT molecular complexity index is 339. The largest absolute Gasteiger partial charge is 0.207 e. The SMILES string of the molecule is CC(C)CC(CBr)Cc1ccc(Cl)cc1F. The summed E-state index contributed by atoms with van der Waals surface area (Å²) in [6.07, 6.45) is 1.87. The van der Waals surface area contributed by atoms with Gasteiger partial charge in [-0.05, 0) is 42.4 Å². The van der Waals surface area contributed by atoms with E-state index in [1.54, 1.807) is 12.1 Å². The third-order valence-corrected chi connectivity index (χ3v) is 3.70. The lowest BCUT2D eigenvalue weighted by Gasteiger charge is -2.16. The van der Waals surface area contributed by atoms with Crippen LogP contribution < -0.4 is 0 Å². The summed E-state index contributed by atoms with van der Waals surface area (Å²) in [5.74, 6) is 0.927. The molecule has 16 heavy (non-hydrogen) atoms. The van der Waals surface area contributed by atoms with Crippen molar-refractivity contribution in [3.05, 3.63) is 34.6 Å². The number of benzene rings is 1. The van der Waals surface area contributed by atoms with Gasteiger partial charge in [-0.15, -0.1) is 0 Å². The highest BCUT2D eigenvalue weighted by Crippen LogP contribution is 2.22. The van der Waals surface area contributed by atoms with Crippen LogP contribution in [0.4, 0.5) is 4.39 Å².